The van der Waals surface area contributed by atoms with Crippen LogP contribution in [0.25, 0.3) is 0 Å². The Morgan fingerprint density at radius 2 is 2.13 bits per heavy atom. The van der Waals surface area contributed by atoms with Gasteiger partial charge in [0.05, 0.1) is 0 Å². The lowest BCUT2D eigenvalue weighted by Gasteiger charge is -2.02. The summed E-state index contributed by atoms with van der Waals surface area (Å²) in [5.41, 5.74) is 5.17. The van der Waals surface area contributed by atoms with Crippen molar-refractivity contribution in [2.45, 2.75) is 0 Å². The molecular formula is C8H12Cl2N2O3. The Bertz CT molecular complexity index is 310. The highest BCUT2D eigenvalue weighted by atomic mass is 35.5. The fourth-order valence-corrected chi connectivity index (χ4v) is 0.778. The molecular weight excluding hydrogens is 243 g/mol. The molecule has 0 bridgehead atoms. The van der Waals surface area contributed by atoms with E-state index in [1.807, 2.05) is 0 Å². The van der Waals surface area contributed by atoms with Gasteiger partial charge in [0.25, 0.3) is 0 Å². The van der Waals surface area contributed by atoms with E-state index in [4.69, 9.17) is 15.6 Å². The smallest absolute Gasteiger partial charge is 0.354 e. The summed E-state index contributed by atoms with van der Waals surface area (Å²) in [6.07, 6.45) is 0. The van der Waals surface area contributed by atoms with Gasteiger partial charge in [-0.1, -0.05) is 6.07 Å². The molecule has 0 radical (unpaired) electrons. The summed E-state index contributed by atoms with van der Waals surface area (Å²) in [5.74, 6) is -0.788. The normalized spacial score (nSPS) is 8.33. The van der Waals surface area contributed by atoms with Gasteiger partial charge in [-0.05, 0) is 6.07 Å². The van der Waals surface area contributed by atoms with Gasteiger partial charge < -0.3 is 15.6 Å². The van der Waals surface area contributed by atoms with Crippen LogP contribution in [-0.4, -0.2) is 29.2 Å². The summed E-state index contributed by atoms with van der Waals surface area (Å²) in [7, 11) is 0. The second kappa shape index (κ2) is 8.28. The first kappa shape index (κ1) is 16.4. The van der Waals surface area contributed by atoms with Crippen molar-refractivity contribution >= 4 is 30.8 Å². The molecule has 1 rings (SSSR count). The number of nitrogens with two attached hydrogens (primary N) is 1. The number of rotatable bonds is 4. The number of carbonyl (C=O) groups is 1. The van der Waals surface area contributed by atoms with Crippen LogP contribution in [-0.2, 0) is 0 Å². The molecule has 1 aromatic rings. The van der Waals surface area contributed by atoms with E-state index in [0.29, 0.717) is 13.2 Å². The Kier molecular flexibility index (Phi) is 9.05. The third kappa shape index (κ3) is 5.41. The molecule has 3 N–H and O–H groups in total. The molecule has 15 heavy (non-hydrogen) atoms. The SMILES string of the molecule is Cl.Cl.NCCOc1cccc(C(=O)O)n1. The quantitative estimate of drug-likeness (QED) is 0.836. The number of hydrogen-bond acceptors (Lipinski definition) is 4. The molecule has 5 nitrogen and oxygen atoms in total. The maximum atomic E-state index is 10.5. The number of aromatic nitrogens is 1. The average Bonchev–Trinajstić information content (AvgIpc) is 2.15. The lowest BCUT2D eigenvalue weighted by molar-refractivity contribution is 0.0689. The van der Waals surface area contributed by atoms with Crippen molar-refractivity contribution in [1.29, 1.82) is 0 Å². The first-order valence-corrected chi connectivity index (χ1v) is 3.77. The zero-order valence-electron chi connectivity index (χ0n) is 7.75. The molecule has 0 saturated carbocycles. The lowest BCUT2D eigenvalue weighted by Crippen LogP contribution is -2.12. The van der Waals surface area contributed by atoms with Crippen LogP contribution in [0.2, 0.25) is 0 Å². The summed E-state index contributed by atoms with van der Waals surface area (Å²) in [6, 6.07) is 4.56. The van der Waals surface area contributed by atoms with Gasteiger partial charge in [0.2, 0.25) is 5.88 Å². The van der Waals surface area contributed by atoms with Gasteiger partial charge in [-0.3, -0.25) is 0 Å². The second-order valence-corrected chi connectivity index (χ2v) is 2.30. The summed E-state index contributed by atoms with van der Waals surface area (Å²) in [4.78, 5) is 14.2. The van der Waals surface area contributed by atoms with Crippen LogP contribution in [0.1, 0.15) is 10.5 Å². The topological polar surface area (TPSA) is 85.4 Å². The standard InChI is InChI=1S/C8H10N2O3.2ClH/c9-4-5-13-7-3-1-2-6(10-7)8(11)12;;/h1-3H,4-5,9H2,(H,11,12);2*1H. The van der Waals surface area contributed by atoms with Gasteiger partial charge in [0.15, 0.2) is 5.69 Å². The van der Waals surface area contributed by atoms with E-state index >= 15 is 0 Å². The molecule has 0 amide bonds. The van der Waals surface area contributed by atoms with Crippen molar-refractivity contribution in [2.24, 2.45) is 5.73 Å². The van der Waals surface area contributed by atoms with E-state index in [0.717, 1.165) is 0 Å². The van der Waals surface area contributed by atoms with E-state index in [2.05, 4.69) is 4.98 Å². The lowest BCUT2D eigenvalue weighted by atomic mass is 10.3. The van der Waals surface area contributed by atoms with Crippen LogP contribution < -0.4 is 10.5 Å². The zero-order chi connectivity index (χ0) is 9.68. The highest BCUT2D eigenvalue weighted by molar-refractivity contribution is 5.86. The monoisotopic (exact) mass is 254 g/mol. The van der Waals surface area contributed by atoms with Crippen LogP contribution >= 0.6 is 24.8 Å². The van der Waals surface area contributed by atoms with Gasteiger partial charge >= 0.3 is 5.97 Å². The Hall–Kier alpha value is -1.04. The van der Waals surface area contributed by atoms with Gasteiger partial charge in [-0.15, -0.1) is 24.8 Å². The van der Waals surface area contributed by atoms with Crippen LogP contribution in [0.15, 0.2) is 18.2 Å². The number of hydrogen-bond donors (Lipinski definition) is 2. The van der Waals surface area contributed by atoms with Crippen LogP contribution in [0.3, 0.4) is 0 Å². The van der Waals surface area contributed by atoms with Gasteiger partial charge in [-0.2, -0.15) is 0 Å². The fraction of sp³-hybridized carbons (Fsp3) is 0.250. The highest BCUT2D eigenvalue weighted by Crippen LogP contribution is 2.06. The van der Waals surface area contributed by atoms with Crippen LogP contribution in [0, 0.1) is 0 Å². The number of aromatic carboxylic acids is 1. The molecule has 0 aromatic carbocycles. The number of ether oxygens (including phenoxy) is 1. The molecule has 0 saturated heterocycles. The maximum Gasteiger partial charge on any atom is 0.354 e. The summed E-state index contributed by atoms with van der Waals surface area (Å²) in [6.45, 7) is 0.703. The summed E-state index contributed by atoms with van der Waals surface area (Å²) < 4.78 is 5.05. The first-order chi connectivity index (χ1) is 6.24. The van der Waals surface area contributed by atoms with E-state index in [9.17, 15) is 4.79 Å². The van der Waals surface area contributed by atoms with E-state index < -0.39 is 5.97 Å². The second-order valence-electron chi connectivity index (χ2n) is 2.30. The Balaban J connectivity index is 0. The van der Waals surface area contributed by atoms with E-state index in [1.165, 1.54) is 6.07 Å². The number of carboxylic acid groups (broad SMARTS) is 1. The molecule has 86 valence electrons. The van der Waals surface area contributed by atoms with Crippen LogP contribution in [0.4, 0.5) is 0 Å². The number of pyridine rings is 1. The predicted molar refractivity (Wildman–Crippen MR) is 60.2 cm³/mol. The van der Waals surface area contributed by atoms with Gasteiger partial charge in [-0.25, -0.2) is 9.78 Å². The number of halogens is 2. The number of nitrogens with zero attached hydrogens (tertiary/aromatic N) is 1. The molecule has 0 aliphatic rings. The van der Waals surface area contributed by atoms with Gasteiger partial charge in [0.1, 0.15) is 6.61 Å². The highest BCUT2D eigenvalue weighted by Gasteiger charge is 2.04. The molecule has 0 aliphatic heterocycles. The molecule has 0 fully saturated rings. The van der Waals surface area contributed by atoms with Crippen molar-refractivity contribution in [3.8, 4) is 5.88 Å². The summed E-state index contributed by atoms with van der Waals surface area (Å²) in [5, 5.41) is 8.59. The number of carboxylic acids is 1. The fourth-order valence-electron chi connectivity index (χ4n) is 0.778. The predicted octanol–water partition coefficient (Wildman–Crippen LogP) is 0.961. The minimum atomic E-state index is -1.07. The average molecular weight is 255 g/mol. The molecule has 0 aliphatic carbocycles. The van der Waals surface area contributed by atoms with E-state index in [1.54, 1.807) is 12.1 Å². The van der Waals surface area contributed by atoms with Crippen molar-refractivity contribution in [1.82, 2.24) is 4.98 Å². The Morgan fingerprint density at radius 3 is 2.67 bits per heavy atom. The summed E-state index contributed by atoms with van der Waals surface area (Å²) >= 11 is 0. The first-order valence-electron chi connectivity index (χ1n) is 3.77. The molecule has 1 heterocycles. The molecule has 0 atom stereocenters. The van der Waals surface area contributed by atoms with E-state index in [-0.39, 0.29) is 36.4 Å². The van der Waals surface area contributed by atoms with Crippen molar-refractivity contribution in [2.75, 3.05) is 13.2 Å². The minimum Gasteiger partial charge on any atom is -0.477 e. The molecule has 7 heteroatoms. The van der Waals surface area contributed by atoms with Crippen molar-refractivity contribution < 1.29 is 14.6 Å². The molecule has 1 aromatic heterocycles. The van der Waals surface area contributed by atoms with Crippen LogP contribution in [0.5, 0.6) is 5.88 Å². The van der Waals surface area contributed by atoms with Crippen molar-refractivity contribution in [3.05, 3.63) is 23.9 Å². The maximum absolute atomic E-state index is 10.5. The minimum absolute atomic E-state index is 0. The third-order valence-electron chi connectivity index (χ3n) is 1.31. The molecule has 0 spiro atoms. The largest absolute Gasteiger partial charge is 0.477 e. The zero-order valence-corrected chi connectivity index (χ0v) is 9.38. The Labute approximate surface area is 99.5 Å². The van der Waals surface area contributed by atoms with Crippen molar-refractivity contribution in [3.63, 3.8) is 0 Å². The third-order valence-corrected chi connectivity index (χ3v) is 1.31. The molecule has 0 unspecified atom stereocenters. The Morgan fingerprint density at radius 1 is 1.47 bits per heavy atom. The van der Waals surface area contributed by atoms with Gasteiger partial charge in [0, 0.05) is 12.6 Å².